The molecule has 19 heavy (non-hydrogen) atoms. The van der Waals surface area contributed by atoms with Crippen molar-refractivity contribution >= 4 is 21.5 Å². The molecule has 1 heterocycles. The van der Waals surface area contributed by atoms with Crippen LogP contribution in [0.4, 0.5) is 11.6 Å². The Morgan fingerprint density at radius 1 is 1.32 bits per heavy atom. The number of aromatic nitrogens is 2. The molecule has 1 rings (SSSR count). The first kappa shape index (κ1) is 15.7. The Bertz CT molecular complexity index is 549. The van der Waals surface area contributed by atoms with Gasteiger partial charge in [0.15, 0.2) is 0 Å². The third-order valence-corrected chi connectivity index (χ3v) is 3.52. The summed E-state index contributed by atoms with van der Waals surface area (Å²) in [6.45, 7) is 6.38. The van der Waals surface area contributed by atoms with E-state index in [0.717, 1.165) is 0 Å². The number of nitrogens with zero attached hydrogens (tertiary/aromatic N) is 3. The van der Waals surface area contributed by atoms with Crippen LogP contribution in [0, 0.1) is 0 Å². The van der Waals surface area contributed by atoms with Gasteiger partial charge in [-0.2, -0.15) is 0 Å². The summed E-state index contributed by atoms with van der Waals surface area (Å²) in [6, 6.07) is 1.65. The fraction of sp³-hybridized carbons (Fsp3) is 0.667. The number of nitrogens with two attached hydrogens (primary N) is 1. The van der Waals surface area contributed by atoms with Crippen LogP contribution in [0.15, 0.2) is 6.07 Å². The number of anilines is 2. The van der Waals surface area contributed by atoms with Crippen molar-refractivity contribution in [2.24, 2.45) is 0 Å². The van der Waals surface area contributed by atoms with Crippen molar-refractivity contribution in [1.29, 1.82) is 0 Å². The molecule has 0 radical (unpaired) electrons. The summed E-state index contributed by atoms with van der Waals surface area (Å²) >= 11 is 0. The van der Waals surface area contributed by atoms with Gasteiger partial charge in [-0.25, -0.2) is 18.4 Å². The normalized spacial score (nSPS) is 12.5. The van der Waals surface area contributed by atoms with Crippen molar-refractivity contribution in [3.05, 3.63) is 11.9 Å². The maximum atomic E-state index is 11.2. The SMILES string of the molecule is CN(CCS(C)(=O)=O)c1cc(N)nc(C(C)(C)C)n1. The molecule has 0 aliphatic heterocycles. The highest BCUT2D eigenvalue weighted by atomic mass is 32.2. The molecule has 1 aromatic rings. The van der Waals surface area contributed by atoms with E-state index in [1.54, 1.807) is 18.0 Å². The van der Waals surface area contributed by atoms with E-state index in [1.807, 2.05) is 20.8 Å². The molecule has 0 atom stereocenters. The largest absolute Gasteiger partial charge is 0.384 e. The van der Waals surface area contributed by atoms with Gasteiger partial charge in [-0.15, -0.1) is 0 Å². The Morgan fingerprint density at radius 3 is 2.37 bits per heavy atom. The Hall–Kier alpha value is -1.37. The second kappa shape index (κ2) is 5.32. The van der Waals surface area contributed by atoms with Gasteiger partial charge in [0, 0.05) is 31.3 Å². The van der Waals surface area contributed by atoms with Crippen molar-refractivity contribution in [2.45, 2.75) is 26.2 Å². The van der Waals surface area contributed by atoms with Crippen molar-refractivity contribution in [2.75, 3.05) is 36.2 Å². The van der Waals surface area contributed by atoms with Crippen LogP contribution in [0.5, 0.6) is 0 Å². The van der Waals surface area contributed by atoms with Crippen LogP contribution < -0.4 is 10.6 Å². The zero-order valence-corrected chi connectivity index (χ0v) is 13.0. The third-order valence-electron chi connectivity index (χ3n) is 2.59. The van der Waals surface area contributed by atoms with Gasteiger partial charge in [-0.1, -0.05) is 20.8 Å². The Labute approximate surface area is 115 Å². The zero-order valence-electron chi connectivity index (χ0n) is 12.1. The van der Waals surface area contributed by atoms with Gasteiger partial charge in [0.2, 0.25) is 0 Å². The van der Waals surface area contributed by atoms with Crippen LogP contribution in [0.3, 0.4) is 0 Å². The highest BCUT2D eigenvalue weighted by molar-refractivity contribution is 7.90. The van der Waals surface area contributed by atoms with Gasteiger partial charge in [-0.05, 0) is 0 Å². The van der Waals surface area contributed by atoms with Crippen LogP contribution in [0.25, 0.3) is 0 Å². The first-order chi connectivity index (χ1) is 8.49. The second-order valence-electron chi connectivity index (χ2n) is 5.78. The molecule has 0 spiro atoms. The lowest BCUT2D eigenvalue weighted by Crippen LogP contribution is -2.27. The van der Waals surface area contributed by atoms with E-state index >= 15 is 0 Å². The fourth-order valence-electron chi connectivity index (χ4n) is 1.40. The molecule has 2 N–H and O–H groups in total. The highest BCUT2D eigenvalue weighted by Crippen LogP contribution is 2.22. The molecule has 0 aromatic carbocycles. The van der Waals surface area contributed by atoms with Gasteiger partial charge in [-0.3, -0.25) is 0 Å². The molecular formula is C12H22N4O2S. The van der Waals surface area contributed by atoms with Gasteiger partial charge in [0.1, 0.15) is 27.3 Å². The van der Waals surface area contributed by atoms with Crippen molar-refractivity contribution in [3.63, 3.8) is 0 Å². The maximum Gasteiger partial charge on any atom is 0.149 e. The molecule has 1 aromatic heterocycles. The summed E-state index contributed by atoms with van der Waals surface area (Å²) in [5.41, 5.74) is 5.57. The smallest absolute Gasteiger partial charge is 0.149 e. The predicted molar refractivity (Wildman–Crippen MR) is 78.1 cm³/mol. The minimum Gasteiger partial charge on any atom is -0.384 e. The predicted octanol–water partition coefficient (Wildman–Crippen LogP) is 0.837. The molecular weight excluding hydrogens is 264 g/mol. The summed E-state index contributed by atoms with van der Waals surface area (Å²) in [5.74, 6) is 1.76. The van der Waals surface area contributed by atoms with Crippen molar-refractivity contribution in [1.82, 2.24) is 9.97 Å². The van der Waals surface area contributed by atoms with E-state index in [-0.39, 0.29) is 11.2 Å². The molecule has 0 saturated heterocycles. The number of hydrogen-bond donors (Lipinski definition) is 1. The van der Waals surface area contributed by atoms with Gasteiger partial charge in [0.05, 0.1) is 5.75 Å². The summed E-state index contributed by atoms with van der Waals surface area (Å²) in [7, 11) is -1.20. The van der Waals surface area contributed by atoms with Crippen molar-refractivity contribution in [3.8, 4) is 0 Å². The molecule has 0 amide bonds. The summed E-state index contributed by atoms with van der Waals surface area (Å²) in [4.78, 5) is 10.4. The monoisotopic (exact) mass is 286 g/mol. The fourth-order valence-corrected chi connectivity index (χ4v) is 2.01. The van der Waals surface area contributed by atoms with E-state index in [4.69, 9.17) is 5.73 Å². The highest BCUT2D eigenvalue weighted by Gasteiger charge is 2.19. The maximum absolute atomic E-state index is 11.2. The lowest BCUT2D eigenvalue weighted by Gasteiger charge is -2.22. The summed E-state index contributed by atoms with van der Waals surface area (Å²) < 4.78 is 22.4. The molecule has 0 aliphatic carbocycles. The number of rotatable bonds is 4. The molecule has 0 unspecified atom stereocenters. The van der Waals surface area contributed by atoms with E-state index in [2.05, 4.69) is 9.97 Å². The number of nitrogen functional groups attached to an aromatic ring is 1. The molecule has 6 nitrogen and oxygen atoms in total. The zero-order chi connectivity index (χ0) is 14.8. The quantitative estimate of drug-likeness (QED) is 0.882. The number of hydrogen-bond acceptors (Lipinski definition) is 6. The van der Waals surface area contributed by atoms with Gasteiger partial charge in [0.25, 0.3) is 0 Å². The Balaban J connectivity index is 2.98. The third kappa shape index (κ3) is 5.02. The lowest BCUT2D eigenvalue weighted by atomic mass is 9.96. The van der Waals surface area contributed by atoms with E-state index < -0.39 is 9.84 Å². The molecule has 0 fully saturated rings. The molecule has 0 bridgehead atoms. The van der Waals surface area contributed by atoms with Crippen LogP contribution in [0.1, 0.15) is 26.6 Å². The van der Waals surface area contributed by atoms with Gasteiger partial charge < -0.3 is 10.6 Å². The minimum atomic E-state index is -2.99. The first-order valence-electron chi connectivity index (χ1n) is 6.03. The van der Waals surface area contributed by atoms with Crippen LogP contribution in [-0.2, 0) is 15.3 Å². The van der Waals surface area contributed by atoms with Crippen LogP contribution >= 0.6 is 0 Å². The summed E-state index contributed by atoms with van der Waals surface area (Å²) in [5, 5.41) is 0. The topological polar surface area (TPSA) is 89.2 Å². The Morgan fingerprint density at radius 2 is 1.89 bits per heavy atom. The van der Waals surface area contributed by atoms with Crippen LogP contribution in [0.2, 0.25) is 0 Å². The van der Waals surface area contributed by atoms with E-state index in [0.29, 0.717) is 24.0 Å². The lowest BCUT2D eigenvalue weighted by molar-refractivity contribution is 0.545. The van der Waals surface area contributed by atoms with Crippen LogP contribution in [-0.4, -0.2) is 44.0 Å². The summed E-state index contributed by atoms with van der Waals surface area (Å²) in [6.07, 6.45) is 1.22. The van der Waals surface area contributed by atoms with Crippen molar-refractivity contribution < 1.29 is 8.42 Å². The Kier molecular flexibility index (Phi) is 4.39. The average Bonchev–Trinajstić information content (AvgIpc) is 2.22. The second-order valence-corrected chi connectivity index (χ2v) is 8.04. The average molecular weight is 286 g/mol. The minimum absolute atomic E-state index is 0.0816. The standard InChI is InChI=1S/C12H22N4O2S/c1-12(2,3)11-14-9(13)8-10(15-11)16(4)6-7-19(5,17)18/h8H,6-7H2,1-5H3,(H2,13,14,15). The molecule has 7 heteroatoms. The van der Waals surface area contributed by atoms with E-state index in [9.17, 15) is 8.42 Å². The molecule has 0 saturated carbocycles. The van der Waals surface area contributed by atoms with Gasteiger partial charge >= 0.3 is 0 Å². The number of sulfone groups is 1. The molecule has 0 aliphatic rings. The van der Waals surface area contributed by atoms with E-state index in [1.165, 1.54) is 6.26 Å². The molecule has 108 valence electrons. The first-order valence-corrected chi connectivity index (χ1v) is 8.09.